The van der Waals surface area contributed by atoms with E-state index in [9.17, 15) is 9.90 Å². The molecule has 3 aromatic rings. The van der Waals surface area contributed by atoms with Crippen molar-refractivity contribution in [2.45, 2.75) is 0 Å². The number of aromatic amines is 1. The van der Waals surface area contributed by atoms with E-state index in [-0.39, 0.29) is 11.3 Å². The molecule has 0 aliphatic heterocycles. The predicted octanol–water partition coefficient (Wildman–Crippen LogP) is 3.04. The molecule has 0 aliphatic carbocycles. The average molecular weight is 278 g/mol. The summed E-state index contributed by atoms with van der Waals surface area (Å²) in [5.41, 5.74) is 2.36. The molecule has 0 saturated heterocycles. The molecule has 2 aromatic carbocycles. The molecule has 21 heavy (non-hydrogen) atoms. The van der Waals surface area contributed by atoms with Gasteiger partial charge in [-0.3, -0.25) is 9.89 Å². The number of H-pyrrole nitrogens is 1. The van der Waals surface area contributed by atoms with Crippen molar-refractivity contribution < 1.29 is 5.11 Å². The molecule has 0 radical (unpaired) electrons. The number of aromatic nitrogens is 2. The van der Waals surface area contributed by atoms with Crippen LogP contribution < -0.4 is 5.56 Å². The van der Waals surface area contributed by atoms with E-state index in [0.29, 0.717) is 0 Å². The van der Waals surface area contributed by atoms with E-state index >= 15 is 0 Å². The average Bonchev–Trinajstić information content (AvgIpc) is 2.89. The minimum atomic E-state index is -0.105. The number of aromatic hydroxyl groups is 1. The fraction of sp³-hybridized carbons (Fsp3) is 0. The Morgan fingerprint density at radius 1 is 0.952 bits per heavy atom. The van der Waals surface area contributed by atoms with Crippen molar-refractivity contribution in [1.29, 1.82) is 0 Å². The summed E-state index contributed by atoms with van der Waals surface area (Å²) in [5, 5.41) is 12.3. The molecular formula is C17H14N2O2. The maximum atomic E-state index is 12.0. The van der Waals surface area contributed by atoms with Crippen LogP contribution in [0.15, 0.2) is 65.5 Å². The highest BCUT2D eigenvalue weighted by molar-refractivity contribution is 5.68. The molecule has 0 aliphatic rings. The van der Waals surface area contributed by atoms with Crippen LogP contribution in [0, 0.1) is 0 Å². The minimum absolute atomic E-state index is 0.105. The first-order chi connectivity index (χ1) is 10.2. The third-order valence-electron chi connectivity index (χ3n) is 3.10. The number of nitrogens with one attached hydrogen (secondary N) is 1. The number of benzene rings is 2. The first-order valence-electron chi connectivity index (χ1n) is 6.57. The minimum Gasteiger partial charge on any atom is -0.508 e. The Balaban J connectivity index is 1.88. The molecule has 4 nitrogen and oxygen atoms in total. The SMILES string of the molecule is O=c1cc(/C=C\c2ccc(O)cc2)[nH]n1-c1ccccc1. The quantitative estimate of drug-likeness (QED) is 0.773. The van der Waals surface area contributed by atoms with E-state index in [1.807, 2.05) is 42.5 Å². The van der Waals surface area contributed by atoms with Crippen LogP contribution in [0.3, 0.4) is 0 Å². The third-order valence-corrected chi connectivity index (χ3v) is 3.10. The van der Waals surface area contributed by atoms with Crippen LogP contribution in [0.1, 0.15) is 11.3 Å². The topological polar surface area (TPSA) is 58.0 Å². The zero-order valence-electron chi connectivity index (χ0n) is 11.2. The normalized spacial score (nSPS) is 11.0. The number of phenolic OH excluding ortho intramolecular Hbond substituents is 1. The van der Waals surface area contributed by atoms with Gasteiger partial charge in [-0.05, 0) is 35.9 Å². The van der Waals surface area contributed by atoms with Crippen LogP contribution in [-0.2, 0) is 0 Å². The summed E-state index contributed by atoms with van der Waals surface area (Å²) in [6, 6.07) is 17.8. The Labute approximate surface area is 121 Å². The summed E-state index contributed by atoms with van der Waals surface area (Å²) in [7, 11) is 0. The Bertz CT molecular complexity index is 812. The van der Waals surface area contributed by atoms with Crippen molar-refractivity contribution in [1.82, 2.24) is 9.78 Å². The monoisotopic (exact) mass is 278 g/mol. The van der Waals surface area contributed by atoms with E-state index in [1.165, 1.54) is 4.68 Å². The van der Waals surface area contributed by atoms with E-state index in [0.717, 1.165) is 16.9 Å². The lowest BCUT2D eigenvalue weighted by Gasteiger charge is -1.99. The zero-order valence-corrected chi connectivity index (χ0v) is 11.2. The number of hydrogen-bond acceptors (Lipinski definition) is 2. The summed E-state index contributed by atoms with van der Waals surface area (Å²) in [6.45, 7) is 0. The van der Waals surface area contributed by atoms with Gasteiger partial charge < -0.3 is 5.11 Å². The molecule has 0 atom stereocenters. The Morgan fingerprint density at radius 2 is 1.67 bits per heavy atom. The van der Waals surface area contributed by atoms with E-state index < -0.39 is 0 Å². The van der Waals surface area contributed by atoms with Crippen molar-refractivity contribution in [2.75, 3.05) is 0 Å². The molecule has 0 amide bonds. The fourth-order valence-electron chi connectivity index (χ4n) is 2.04. The first kappa shape index (κ1) is 13.0. The molecule has 0 spiro atoms. The van der Waals surface area contributed by atoms with Crippen LogP contribution in [0.5, 0.6) is 5.75 Å². The number of nitrogens with zero attached hydrogens (tertiary/aromatic N) is 1. The molecule has 3 rings (SSSR count). The second-order valence-corrected chi connectivity index (χ2v) is 4.65. The molecule has 1 aromatic heterocycles. The highest BCUT2D eigenvalue weighted by Gasteiger charge is 2.02. The lowest BCUT2D eigenvalue weighted by atomic mass is 10.2. The van der Waals surface area contributed by atoms with Crippen molar-refractivity contribution in [3.05, 3.63) is 82.3 Å². The predicted molar refractivity (Wildman–Crippen MR) is 83.4 cm³/mol. The zero-order chi connectivity index (χ0) is 14.7. The van der Waals surface area contributed by atoms with Gasteiger partial charge in [0.2, 0.25) is 0 Å². The lowest BCUT2D eigenvalue weighted by Crippen LogP contribution is -2.12. The highest BCUT2D eigenvalue weighted by atomic mass is 16.3. The van der Waals surface area contributed by atoms with Gasteiger partial charge >= 0.3 is 0 Å². The lowest BCUT2D eigenvalue weighted by molar-refractivity contribution is 0.475. The van der Waals surface area contributed by atoms with Crippen LogP contribution in [0.4, 0.5) is 0 Å². The number of rotatable bonds is 3. The molecule has 1 heterocycles. The van der Waals surface area contributed by atoms with Gasteiger partial charge in [0.1, 0.15) is 5.75 Å². The van der Waals surface area contributed by atoms with Crippen molar-refractivity contribution in [3.8, 4) is 11.4 Å². The summed E-state index contributed by atoms with van der Waals surface area (Å²) in [5.74, 6) is 0.232. The van der Waals surface area contributed by atoms with E-state index in [1.54, 1.807) is 30.3 Å². The molecule has 0 fully saturated rings. The van der Waals surface area contributed by atoms with Crippen molar-refractivity contribution in [2.24, 2.45) is 0 Å². The summed E-state index contributed by atoms with van der Waals surface area (Å²) in [4.78, 5) is 12.0. The standard InChI is InChI=1S/C17H14N2O2/c20-16-10-7-13(8-11-16)6-9-14-12-17(21)19(18-14)15-4-2-1-3-5-15/h1-12,18,20H/b9-6-. The molecule has 104 valence electrons. The molecule has 4 heteroatoms. The van der Waals surface area contributed by atoms with Crippen molar-refractivity contribution in [3.63, 3.8) is 0 Å². The van der Waals surface area contributed by atoms with Crippen molar-refractivity contribution >= 4 is 12.2 Å². The van der Waals surface area contributed by atoms with Gasteiger partial charge in [0, 0.05) is 6.07 Å². The maximum Gasteiger partial charge on any atom is 0.271 e. The Morgan fingerprint density at radius 3 is 2.38 bits per heavy atom. The Hall–Kier alpha value is -3.01. The van der Waals surface area contributed by atoms with Crippen LogP contribution in [0.2, 0.25) is 0 Å². The van der Waals surface area contributed by atoms with Gasteiger partial charge in [-0.25, -0.2) is 4.68 Å². The fourth-order valence-corrected chi connectivity index (χ4v) is 2.04. The number of hydrogen-bond donors (Lipinski definition) is 2. The number of phenols is 1. The molecule has 2 N–H and O–H groups in total. The Kier molecular flexibility index (Phi) is 3.43. The van der Waals surface area contributed by atoms with Crippen LogP contribution in [-0.4, -0.2) is 14.9 Å². The van der Waals surface area contributed by atoms with Gasteiger partial charge in [-0.2, -0.15) is 0 Å². The molecule has 0 bridgehead atoms. The van der Waals surface area contributed by atoms with Gasteiger partial charge in [0.25, 0.3) is 5.56 Å². The van der Waals surface area contributed by atoms with Gasteiger partial charge in [-0.1, -0.05) is 36.4 Å². The second kappa shape index (κ2) is 5.54. The maximum absolute atomic E-state index is 12.0. The summed E-state index contributed by atoms with van der Waals surface area (Å²) >= 11 is 0. The third kappa shape index (κ3) is 2.95. The largest absolute Gasteiger partial charge is 0.508 e. The summed E-state index contributed by atoms with van der Waals surface area (Å²) in [6.07, 6.45) is 3.70. The smallest absolute Gasteiger partial charge is 0.271 e. The van der Waals surface area contributed by atoms with E-state index in [2.05, 4.69) is 5.10 Å². The molecule has 0 saturated carbocycles. The summed E-state index contributed by atoms with van der Waals surface area (Å²) < 4.78 is 1.50. The van der Waals surface area contributed by atoms with Gasteiger partial charge in [0.15, 0.2) is 0 Å². The first-order valence-corrected chi connectivity index (χ1v) is 6.57. The second-order valence-electron chi connectivity index (χ2n) is 4.65. The molecular weight excluding hydrogens is 264 g/mol. The number of para-hydroxylation sites is 1. The van der Waals surface area contributed by atoms with Gasteiger partial charge in [-0.15, -0.1) is 0 Å². The molecule has 0 unspecified atom stereocenters. The van der Waals surface area contributed by atoms with Crippen LogP contribution >= 0.6 is 0 Å². The highest BCUT2D eigenvalue weighted by Crippen LogP contribution is 2.12. The van der Waals surface area contributed by atoms with E-state index in [4.69, 9.17) is 0 Å². The van der Waals surface area contributed by atoms with Crippen LogP contribution in [0.25, 0.3) is 17.8 Å². The van der Waals surface area contributed by atoms with Gasteiger partial charge in [0.05, 0.1) is 11.4 Å².